The third kappa shape index (κ3) is 2.85. The number of hydrogen-bond acceptors (Lipinski definition) is 3. The Hall–Kier alpha value is -1.82. The third-order valence-electron chi connectivity index (χ3n) is 3.51. The van der Waals surface area contributed by atoms with Crippen molar-refractivity contribution in [1.82, 2.24) is 15.0 Å². The Morgan fingerprint density at radius 2 is 2.00 bits per heavy atom. The molecule has 1 aliphatic carbocycles. The first-order valence-electron chi connectivity index (χ1n) is 6.55. The van der Waals surface area contributed by atoms with Gasteiger partial charge >= 0.3 is 0 Å². The summed E-state index contributed by atoms with van der Waals surface area (Å²) in [6.45, 7) is 0.603. The molecule has 1 aliphatic rings. The molecule has 2 aromatic rings. The monoisotopic (exact) mass is 279 g/mol. The number of hydrogen-bond donors (Lipinski definition) is 0. The summed E-state index contributed by atoms with van der Waals surface area (Å²) in [5, 5.41) is 7.95. The van der Waals surface area contributed by atoms with Gasteiger partial charge in [0.1, 0.15) is 17.3 Å². The molecule has 1 aromatic carbocycles. The van der Waals surface area contributed by atoms with E-state index in [-0.39, 0.29) is 6.10 Å². The maximum Gasteiger partial charge on any atom is 0.126 e. The molecule has 1 fully saturated rings. The zero-order valence-corrected chi connectivity index (χ0v) is 11.1. The van der Waals surface area contributed by atoms with Crippen LogP contribution in [0.4, 0.5) is 8.78 Å². The van der Waals surface area contributed by atoms with Gasteiger partial charge < -0.3 is 4.74 Å². The molecular weight excluding hydrogens is 264 g/mol. The van der Waals surface area contributed by atoms with Crippen molar-refractivity contribution in [2.45, 2.75) is 25.5 Å². The van der Waals surface area contributed by atoms with E-state index in [1.807, 2.05) is 0 Å². The summed E-state index contributed by atoms with van der Waals surface area (Å²) in [5.74, 6) is -0.663. The summed E-state index contributed by atoms with van der Waals surface area (Å²) in [5.41, 5.74) is 0.836. The molecule has 1 heterocycles. The van der Waals surface area contributed by atoms with Crippen molar-refractivity contribution in [3.8, 4) is 11.3 Å². The van der Waals surface area contributed by atoms with Crippen LogP contribution in [0, 0.1) is 17.6 Å². The second-order valence-corrected chi connectivity index (χ2v) is 5.10. The number of aromatic nitrogens is 3. The minimum atomic E-state index is -0.623. The number of benzene rings is 1. The van der Waals surface area contributed by atoms with Crippen LogP contribution >= 0.6 is 0 Å². The Balaban J connectivity index is 1.78. The molecule has 0 bridgehead atoms. The fourth-order valence-corrected chi connectivity index (χ4v) is 2.29. The largest absolute Gasteiger partial charge is 0.379 e. The molecule has 3 rings (SSSR count). The van der Waals surface area contributed by atoms with Gasteiger partial charge in [0.25, 0.3) is 0 Å². The van der Waals surface area contributed by atoms with Gasteiger partial charge in [-0.3, -0.25) is 0 Å². The van der Waals surface area contributed by atoms with Gasteiger partial charge in [0.05, 0.1) is 18.8 Å². The first-order valence-corrected chi connectivity index (χ1v) is 6.55. The van der Waals surface area contributed by atoms with Crippen LogP contribution in [0.1, 0.15) is 12.8 Å². The topological polar surface area (TPSA) is 39.9 Å². The number of nitrogens with zero attached hydrogens (tertiary/aromatic N) is 3. The van der Waals surface area contributed by atoms with E-state index in [1.54, 1.807) is 18.0 Å². The lowest BCUT2D eigenvalue weighted by Gasteiger charge is -2.13. The van der Waals surface area contributed by atoms with Crippen molar-refractivity contribution in [3.05, 3.63) is 36.0 Å². The van der Waals surface area contributed by atoms with Crippen molar-refractivity contribution in [2.24, 2.45) is 5.92 Å². The second kappa shape index (κ2) is 5.28. The molecule has 4 nitrogen and oxygen atoms in total. The SMILES string of the molecule is COC(Cn1cc(-c2cc(F)cc(F)c2)nn1)C1CC1. The molecule has 20 heavy (non-hydrogen) atoms. The van der Waals surface area contributed by atoms with E-state index in [4.69, 9.17) is 4.74 Å². The van der Waals surface area contributed by atoms with Crippen molar-refractivity contribution >= 4 is 0 Å². The molecule has 106 valence electrons. The molecule has 1 unspecified atom stereocenters. The summed E-state index contributed by atoms with van der Waals surface area (Å²) < 4.78 is 33.4. The second-order valence-electron chi connectivity index (χ2n) is 5.10. The van der Waals surface area contributed by atoms with E-state index in [9.17, 15) is 8.78 Å². The summed E-state index contributed by atoms with van der Waals surface area (Å²) in [6.07, 6.45) is 4.15. The Bertz CT molecular complexity index is 590. The van der Waals surface area contributed by atoms with Gasteiger partial charge in [-0.25, -0.2) is 13.5 Å². The number of rotatable bonds is 5. The maximum absolute atomic E-state index is 13.2. The van der Waals surface area contributed by atoms with E-state index in [2.05, 4.69) is 10.3 Å². The van der Waals surface area contributed by atoms with Crippen molar-refractivity contribution in [1.29, 1.82) is 0 Å². The van der Waals surface area contributed by atoms with Gasteiger partial charge in [-0.1, -0.05) is 5.21 Å². The van der Waals surface area contributed by atoms with E-state index in [0.717, 1.165) is 6.07 Å². The molecule has 0 spiro atoms. The van der Waals surface area contributed by atoms with Crippen molar-refractivity contribution in [3.63, 3.8) is 0 Å². The van der Waals surface area contributed by atoms with Crippen molar-refractivity contribution in [2.75, 3.05) is 7.11 Å². The van der Waals surface area contributed by atoms with Gasteiger partial charge in [0.15, 0.2) is 0 Å². The van der Waals surface area contributed by atoms with E-state index in [0.29, 0.717) is 23.7 Å². The summed E-state index contributed by atoms with van der Waals surface area (Å²) in [4.78, 5) is 0. The molecule has 1 aromatic heterocycles. The molecule has 0 N–H and O–H groups in total. The normalized spacial score (nSPS) is 16.4. The van der Waals surface area contributed by atoms with Crippen LogP contribution < -0.4 is 0 Å². The summed E-state index contributed by atoms with van der Waals surface area (Å²) >= 11 is 0. The van der Waals surface area contributed by atoms with Crippen LogP contribution in [0.2, 0.25) is 0 Å². The lowest BCUT2D eigenvalue weighted by Crippen LogP contribution is -2.21. The van der Waals surface area contributed by atoms with Crippen LogP contribution in [0.25, 0.3) is 11.3 Å². The van der Waals surface area contributed by atoms with Gasteiger partial charge in [-0.15, -0.1) is 5.10 Å². The minimum Gasteiger partial charge on any atom is -0.379 e. The van der Waals surface area contributed by atoms with E-state index < -0.39 is 11.6 Å². The number of halogens is 2. The predicted octanol–water partition coefficient (Wildman–Crippen LogP) is 2.65. The smallest absolute Gasteiger partial charge is 0.126 e. The number of ether oxygens (including phenoxy) is 1. The third-order valence-corrected chi connectivity index (χ3v) is 3.51. The highest BCUT2D eigenvalue weighted by molar-refractivity contribution is 5.57. The summed E-state index contributed by atoms with van der Waals surface area (Å²) in [7, 11) is 1.68. The van der Waals surface area contributed by atoms with Crippen LogP contribution in [0.3, 0.4) is 0 Å². The quantitative estimate of drug-likeness (QED) is 0.844. The Labute approximate surface area is 115 Å². The minimum absolute atomic E-state index is 0.119. The highest BCUT2D eigenvalue weighted by Crippen LogP contribution is 2.34. The van der Waals surface area contributed by atoms with Gasteiger partial charge in [0.2, 0.25) is 0 Å². The first kappa shape index (κ1) is 13.2. The molecule has 0 amide bonds. The van der Waals surface area contributed by atoms with Gasteiger partial charge in [0, 0.05) is 18.7 Å². The molecule has 6 heteroatoms. The van der Waals surface area contributed by atoms with Gasteiger partial charge in [-0.05, 0) is 30.9 Å². The van der Waals surface area contributed by atoms with Crippen LogP contribution in [-0.4, -0.2) is 28.2 Å². The highest BCUT2D eigenvalue weighted by Gasteiger charge is 2.31. The molecule has 0 saturated heterocycles. The van der Waals surface area contributed by atoms with Crippen LogP contribution in [-0.2, 0) is 11.3 Å². The maximum atomic E-state index is 13.2. The predicted molar refractivity (Wildman–Crippen MR) is 68.9 cm³/mol. The Kier molecular flexibility index (Phi) is 3.48. The highest BCUT2D eigenvalue weighted by atomic mass is 19.1. The fraction of sp³-hybridized carbons (Fsp3) is 0.429. The lowest BCUT2D eigenvalue weighted by molar-refractivity contribution is 0.0664. The summed E-state index contributed by atoms with van der Waals surface area (Å²) in [6, 6.07) is 3.32. The number of methoxy groups -OCH3 is 1. The molecular formula is C14H15F2N3O. The van der Waals surface area contributed by atoms with E-state index in [1.165, 1.54) is 25.0 Å². The molecule has 1 saturated carbocycles. The van der Waals surface area contributed by atoms with E-state index >= 15 is 0 Å². The zero-order chi connectivity index (χ0) is 14.1. The first-order chi connectivity index (χ1) is 9.65. The average Bonchev–Trinajstić information content (AvgIpc) is 3.14. The molecule has 1 atom stereocenters. The fourth-order valence-electron chi connectivity index (χ4n) is 2.29. The van der Waals surface area contributed by atoms with Crippen LogP contribution in [0.15, 0.2) is 24.4 Å². The lowest BCUT2D eigenvalue weighted by atomic mass is 10.1. The molecule has 0 aliphatic heterocycles. The zero-order valence-electron chi connectivity index (χ0n) is 11.1. The van der Waals surface area contributed by atoms with Gasteiger partial charge in [-0.2, -0.15) is 0 Å². The average molecular weight is 279 g/mol. The standard InChI is InChI=1S/C14H15F2N3O/c1-20-14(9-2-3-9)8-19-7-13(17-18-19)10-4-11(15)6-12(16)5-10/h4-7,9,14H,2-3,8H2,1H3. The van der Waals surface area contributed by atoms with Crippen molar-refractivity contribution < 1.29 is 13.5 Å². The Morgan fingerprint density at radius 1 is 1.30 bits per heavy atom. The van der Waals surface area contributed by atoms with Crippen LogP contribution in [0.5, 0.6) is 0 Å². The molecule has 0 radical (unpaired) electrons. The Morgan fingerprint density at radius 3 is 2.60 bits per heavy atom.